The van der Waals surface area contributed by atoms with Crippen LogP contribution in [-0.2, 0) is 0 Å². The molecule has 0 bridgehead atoms. The minimum absolute atomic E-state index is 1.03. The lowest BCUT2D eigenvalue weighted by Crippen LogP contribution is -2.04. The molecule has 0 aliphatic rings. The monoisotopic (exact) mass is 256 g/mol. The Morgan fingerprint density at radius 3 is 2.79 bits per heavy atom. The number of hydrogen-bond donors (Lipinski definition) is 2. The van der Waals surface area contributed by atoms with Crippen molar-refractivity contribution in [2.24, 2.45) is 0 Å². The minimum Gasteiger partial charge on any atom is -0.386 e. The third kappa shape index (κ3) is 2.91. The van der Waals surface area contributed by atoms with E-state index >= 15 is 0 Å². The maximum Gasteiger partial charge on any atom is 0.0717 e. The molecule has 0 fully saturated rings. The highest BCUT2D eigenvalue weighted by molar-refractivity contribution is 9.10. The van der Waals surface area contributed by atoms with Gasteiger partial charge in [-0.15, -0.1) is 0 Å². The lowest BCUT2D eigenvalue weighted by Gasteiger charge is -2.12. The molecular formula is C11H17BrN2. The molecule has 0 spiro atoms. The normalized spacial score (nSPS) is 9.93. The Morgan fingerprint density at radius 2 is 2.14 bits per heavy atom. The van der Waals surface area contributed by atoms with Crippen LogP contribution in [0, 0.1) is 0 Å². The van der Waals surface area contributed by atoms with Crippen molar-refractivity contribution in [3.63, 3.8) is 0 Å². The molecule has 0 unspecified atom stereocenters. The first-order chi connectivity index (χ1) is 6.79. The van der Waals surface area contributed by atoms with Crippen molar-refractivity contribution in [2.75, 3.05) is 24.2 Å². The summed E-state index contributed by atoms with van der Waals surface area (Å²) in [7, 11) is 1.94. The van der Waals surface area contributed by atoms with Crippen molar-refractivity contribution in [1.82, 2.24) is 0 Å². The maximum atomic E-state index is 3.51. The third-order valence-corrected chi connectivity index (χ3v) is 2.77. The summed E-state index contributed by atoms with van der Waals surface area (Å²) < 4.78 is 1.10. The quantitative estimate of drug-likeness (QED) is 0.786. The van der Waals surface area contributed by atoms with Gasteiger partial charge in [-0.25, -0.2) is 0 Å². The first-order valence-electron chi connectivity index (χ1n) is 4.99. The average molecular weight is 257 g/mol. The summed E-state index contributed by atoms with van der Waals surface area (Å²) >= 11 is 3.51. The van der Waals surface area contributed by atoms with Crippen molar-refractivity contribution in [3.8, 4) is 0 Å². The summed E-state index contributed by atoms with van der Waals surface area (Å²) in [6.45, 7) is 3.23. The Hall–Kier alpha value is -0.700. The van der Waals surface area contributed by atoms with Crippen LogP contribution in [0.1, 0.15) is 19.8 Å². The average Bonchev–Trinajstić information content (AvgIpc) is 2.18. The Balaban J connectivity index is 2.70. The molecule has 14 heavy (non-hydrogen) atoms. The SMILES string of the molecule is CCCCNc1cccc(Br)c1NC. The van der Waals surface area contributed by atoms with Gasteiger partial charge in [-0.1, -0.05) is 19.4 Å². The molecule has 0 aliphatic carbocycles. The molecule has 1 aromatic rings. The van der Waals surface area contributed by atoms with Gasteiger partial charge in [-0.05, 0) is 34.5 Å². The van der Waals surface area contributed by atoms with Gasteiger partial charge in [0.15, 0.2) is 0 Å². The summed E-state index contributed by atoms with van der Waals surface area (Å²) in [4.78, 5) is 0. The third-order valence-electron chi connectivity index (χ3n) is 2.11. The summed E-state index contributed by atoms with van der Waals surface area (Å²) in [6, 6.07) is 6.17. The van der Waals surface area contributed by atoms with Crippen molar-refractivity contribution < 1.29 is 0 Å². The molecule has 0 aliphatic heterocycles. The van der Waals surface area contributed by atoms with E-state index in [0.29, 0.717) is 0 Å². The summed E-state index contributed by atoms with van der Waals surface area (Å²) in [6.07, 6.45) is 2.42. The molecule has 2 N–H and O–H groups in total. The molecule has 1 rings (SSSR count). The second-order valence-corrected chi connectivity index (χ2v) is 4.05. The number of unbranched alkanes of at least 4 members (excludes halogenated alkanes) is 1. The molecule has 0 radical (unpaired) electrons. The molecule has 0 atom stereocenters. The van der Waals surface area contributed by atoms with Crippen LogP contribution in [0.25, 0.3) is 0 Å². The number of hydrogen-bond acceptors (Lipinski definition) is 2. The van der Waals surface area contributed by atoms with Gasteiger partial charge < -0.3 is 10.6 Å². The van der Waals surface area contributed by atoms with E-state index in [1.165, 1.54) is 12.8 Å². The van der Waals surface area contributed by atoms with E-state index in [1.807, 2.05) is 19.2 Å². The molecular weight excluding hydrogens is 240 g/mol. The van der Waals surface area contributed by atoms with Crippen LogP contribution >= 0.6 is 15.9 Å². The standard InChI is InChI=1S/C11H17BrN2/c1-3-4-8-14-10-7-5-6-9(12)11(10)13-2/h5-7,13-14H,3-4,8H2,1-2H3. The van der Waals surface area contributed by atoms with Gasteiger partial charge in [0, 0.05) is 18.1 Å². The largest absolute Gasteiger partial charge is 0.386 e. The van der Waals surface area contributed by atoms with Crippen LogP contribution in [-0.4, -0.2) is 13.6 Å². The fourth-order valence-corrected chi connectivity index (χ4v) is 1.89. The maximum absolute atomic E-state index is 3.51. The summed E-state index contributed by atoms with van der Waals surface area (Å²) in [5, 5.41) is 6.59. The van der Waals surface area contributed by atoms with Crippen molar-refractivity contribution in [3.05, 3.63) is 22.7 Å². The smallest absolute Gasteiger partial charge is 0.0717 e. The van der Waals surface area contributed by atoms with E-state index in [9.17, 15) is 0 Å². The molecule has 1 aromatic carbocycles. The number of benzene rings is 1. The van der Waals surface area contributed by atoms with Crippen LogP contribution < -0.4 is 10.6 Å². The van der Waals surface area contributed by atoms with Gasteiger partial charge in [-0.2, -0.15) is 0 Å². The van der Waals surface area contributed by atoms with Gasteiger partial charge in [0.2, 0.25) is 0 Å². The molecule has 0 heterocycles. The van der Waals surface area contributed by atoms with Gasteiger partial charge in [0.1, 0.15) is 0 Å². The van der Waals surface area contributed by atoms with E-state index in [0.717, 1.165) is 22.4 Å². The fraction of sp³-hybridized carbons (Fsp3) is 0.455. The number of anilines is 2. The number of rotatable bonds is 5. The van der Waals surface area contributed by atoms with Crippen LogP contribution in [0.3, 0.4) is 0 Å². The van der Waals surface area contributed by atoms with Crippen LogP contribution in [0.4, 0.5) is 11.4 Å². The number of nitrogens with one attached hydrogen (secondary N) is 2. The predicted octanol–water partition coefficient (Wildman–Crippen LogP) is 3.70. The Bertz CT molecular complexity index is 287. The Labute approximate surface area is 94.2 Å². The van der Waals surface area contributed by atoms with E-state index in [4.69, 9.17) is 0 Å². The lowest BCUT2D eigenvalue weighted by molar-refractivity contribution is 0.834. The second kappa shape index (κ2) is 5.91. The second-order valence-electron chi connectivity index (χ2n) is 3.19. The predicted molar refractivity (Wildman–Crippen MR) is 67.1 cm³/mol. The number of halogens is 1. The molecule has 0 amide bonds. The highest BCUT2D eigenvalue weighted by Gasteiger charge is 2.02. The van der Waals surface area contributed by atoms with Crippen LogP contribution in [0.5, 0.6) is 0 Å². The van der Waals surface area contributed by atoms with Crippen molar-refractivity contribution in [1.29, 1.82) is 0 Å². The van der Waals surface area contributed by atoms with Crippen LogP contribution in [0.2, 0.25) is 0 Å². The van der Waals surface area contributed by atoms with E-state index < -0.39 is 0 Å². The van der Waals surface area contributed by atoms with Crippen molar-refractivity contribution in [2.45, 2.75) is 19.8 Å². The fourth-order valence-electron chi connectivity index (χ4n) is 1.33. The van der Waals surface area contributed by atoms with Crippen molar-refractivity contribution >= 4 is 27.3 Å². The summed E-state index contributed by atoms with van der Waals surface area (Å²) in [5.41, 5.74) is 2.29. The van der Waals surface area contributed by atoms with Gasteiger partial charge >= 0.3 is 0 Å². The first-order valence-corrected chi connectivity index (χ1v) is 5.79. The van der Waals surface area contributed by atoms with Gasteiger partial charge in [0.05, 0.1) is 11.4 Å². The van der Waals surface area contributed by atoms with Gasteiger partial charge in [-0.3, -0.25) is 0 Å². The Morgan fingerprint density at radius 1 is 1.36 bits per heavy atom. The molecule has 3 heteroatoms. The molecule has 0 saturated heterocycles. The van der Waals surface area contributed by atoms with Gasteiger partial charge in [0.25, 0.3) is 0 Å². The number of para-hydroxylation sites is 1. The minimum atomic E-state index is 1.03. The van der Waals surface area contributed by atoms with E-state index in [2.05, 4.69) is 39.6 Å². The molecule has 78 valence electrons. The van der Waals surface area contributed by atoms with E-state index in [1.54, 1.807) is 0 Å². The zero-order valence-electron chi connectivity index (χ0n) is 8.73. The highest BCUT2D eigenvalue weighted by Crippen LogP contribution is 2.29. The highest BCUT2D eigenvalue weighted by atomic mass is 79.9. The Kier molecular flexibility index (Phi) is 4.80. The zero-order chi connectivity index (χ0) is 10.4. The topological polar surface area (TPSA) is 24.1 Å². The zero-order valence-corrected chi connectivity index (χ0v) is 10.3. The summed E-state index contributed by atoms with van der Waals surface area (Å²) in [5.74, 6) is 0. The lowest BCUT2D eigenvalue weighted by atomic mass is 10.2. The molecule has 0 aromatic heterocycles. The molecule has 0 saturated carbocycles. The molecule has 2 nitrogen and oxygen atoms in total. The van der Waals surface area contributed by atoms with Crippen LogP contribution in [0.15, 0.2) is 22.7 Å². The first kappa shape index (κ1) is 11.4. The van der Waals surface area contributed by atoms with E-state index in [-0.39, 0.29) is 0 Å².